The minimum absolute atomic E-state index is 0.00199. The summed E-state index contributed by atoms with van der Waals surface area (Å²) >= 11 is 5.93. The number of benzene rings is 1. The summed E-state index contributed by atoms with van der Waals surface area (Å²) in [7, 11) is 0. The van der Waals surface area contributed by atoms with Crippen LogP contribution in [-0.2, 0) is 11.2 Å². The Morgan fingerprint density at radius 2 is 2.00 bits per heavy atom. The lowest BCUT2D eigenvalue weighted by molar-refractivity contribution is -0.146. The van der Waals surface area contributed by atoms with Crippen molar-refractivity contribution in [2.45, 2.75) is 27.2 Å². The minimum atomic E-state index is -0.899. The van der Waals surface area contributed by atoms with Gasteiger partial charge in [-0.1, -0.05) is 17.7 Å². The molecule has 3 nitrogen and oxygen atoms in total. The number of aliphatic carboxylic acids is 1. The molecule has 0 radical (unpaired) electrons. The molecule has 0 saturated carbocycles. The van der Waals surface area contributed by atoms with Crippen LogP contribution >= 0.6 is 11.6 Å². The highest BCUT2D eigenvalue weighted by Crippen LogP contribution is 2.33. The number of carboxylic acids is 1. The minimum Gasteiger partial charge on any atom is -0.506 e. The molecular weight excluding hydrogens is 228 g/mol. The van der Waals surface area contributed by atoms with Gasteiger partial charge in [-0.3, -0.25) is 4.79 Å². The fourth-order valence-electron chi connectivity index (χ4n) is 1.50. The summed E-state index contributed by atoms with van der Waals surface area (Å²) in [5.41, 5.74) is 0.619. The van der Waals surface area contributed by atoms with Crippen LogP contribution in [0.15, 0.2) is 12.1 Å². The molecule has 88 valence electrons. The summed E-state index contributed by atoms with van der Waals surface area (Å²) in [4.78, 5) is 11.0. The number of hydrogen-bond donors (Lipinski definition) is 2. The molecule has 1 aromatic rings. The van der Waals surface area contributed by atoms with Crippen molar-refractivity contribution in [3.05, 3.63) is 28.3 Å². The molecule has 4 heteroatoms. The van der Waals surface area contributed by atoms with Crippen molar-refractivity contribution in [2.75, 3.05) is 0 Å². The molecule has 0 aliphatic heterocycles. The molecule has 0 heterocycles. The van der Waals surface area contributed by atoms with Crippen LogP contribution in [0.4, 0.5) is 0 Å². The second kappa shape index (κ2) is 4.34. The van der Waals surface area contributed by atoms with Gasteiger partial charge in [0, 0.05) is 0 Å². The highest BCUT2D eigenvalue weighted by atomic mass is 35.5. The number of aryl methyl sites for hydroxylation is 1. The molecule has 0 spiro atoms. The third kappa shape index (κ3) is 2.67. The van der Waals surface area contributed by atoms with Crippen molar-refractivity contribution in [3.8, 4) is 5.75 Å². The normalized spacial score (nSPS) is 11.5. The van der Waals surface area contributed by atoms with Gasteiger partial charge in [-0.05, 0) is 44.4 Å². The number of hydrogen-bond acceptors (Lipinski definition) is 2. The van der Waals surface area contributed by atoms with Crippen LogP contribution in [0, 0.1) is 12.3 Å². The number of carboxylic acid groups (broad SMARTS) is 1. The van der Waals surface area contributed by atoms with E-state index in [0.29, 0.717) is 5.56 Å². The standard InChI is InChI=1S/C12H15ClO3/c1-7-4-8(10(13)9(14)5-7)6-12(2,3)11(15)16/h4-5,14H,6H2,1-3H3,(H,15,16). The Balaban J connectivity index is 3.11. The summed E-state index contributed by atoms with van der Waals surface area (Å²) in [5, 5.41) is 18.8. The van der Waals surface area contributed by atoms with Crippen LogP contribution < -0.4 is 0 Å². The summed E-state index contributed by atoms with van der Waals surface area (Å²) in [6, 6.07) is 3.35. The summed E-state index contributed by atoms with van der Waals surface area (Å²) in [6.45, 7) is 5.09. The predicted octanol–water partition coefficient (Wildman–Crippen LogP) is 3.01. The number of phenols is 1. The molecule has 2 N–H and O–H groups in total. The van der Waals surface area contributed by atoms with Gasteiger partial charge in [0.05, 0.1) is 10.4 Å². The van der Waals surface area contributed by atoms with Crippen LogP contribution in [0.3, 0.4) is 0 Å². The summed E-state index contributed by atoms with van der Waals surface area (Å²) in [6.07, 6.45) is 0.288. The molecule has 0 saturated heterocycles. The Kier molecular flexibility index (Phi) is 3.48. The van der Waals surface area contributed by atoms with Crippen molar-refractivity contribution >= 4 is 17.6 Å². The number of phenolic OH excluding ortho intramolecular Hbond substituents is 1. The second-order valence-corrected chi connectivity index (χ2v) is 5.00. The first kappa shape index (κ1) is 12.8. The Labute approximate surface area is 99.7 Å². The number of carbonyl (C=O) groups is 1. The number of aromatic hydroxyl groups is 1. The van der Waals surface area contributed by atoms with Crippen molar-refractivity contribution in [1.29, 1.82) is 0 Å². The SMILES string of the molecule is Cc1cc(O)c(Cl)c(CC(C)(C)C(=O)O)c1. The molecule has 0 unspecified atom stereocenters. The van der Waals surface area contributed by atoms with Gasteiger partial charge >= 0.3 is 5.97 Å². The van der Waals surface area contributed by atoms with Crippen LogP contribution in [-0.4, -0.2) is 16.2 Å². The molecule has 0 fully saturated rings. The third-order valence-corrected chi connectivity index (χ3v) is 2.92. The van der Waals surface area contributed by atoms with Gasteiger partial charge in [-0.15, -0.1) is 0 Å². The van der Waals surface area contributed by atoms with Crippen LogP contribution in [0.1, 0.15) is 25.0 Å². The molecule has 0 bridgehead atoms. The smallest absolute Gasteiger partial charge is 0.309 e. The highest BCUT2D eigenvalue weighted by Gasteiger charge is 2.28. The molecule has 16 heavy (non-hydrogen) atoms. The van der Waals surface area contributed by atoms with E-state index in [0.717, 1.165) is 5.56 Å². The fourth-order valence-corrected chi connectivity index (χ4v) is 1.68. The maximum absolute atomic E-state index is 11.0. The molecule has 0 aromatic heterocycles. The lowest BCUT2D eigenvalue weighted by atomic mass is 9.85. The van der Waals surface area contributed by atoms with Crippen molar-refractivity contribution in [1.82, 2.24) is 0 Å². The zero-order chi connectivity index (χ0) is 12.5. The molecule has 0 aliphatic carbocycles. The largest absolute Gasteiger partial charge is 0.506 e. The van der Waals surface area contributed by atoms with E-state index in [9.17, 15) is 9.90 Å². The topological polar surface area (TPSA) is 57.5 Å². The number of rotatable bonds is 3. The zero-order valence-corrected chi connectivity index (χ0v) is 10.3. The summed E-state index contributed by atoms with van der Waals surface area (Å²) in [5.74, 6) is -0.887. The van der Waals surface area contributed by atoms with Crippen molar-refractivity contribution in [3.63, 3.8) is 0 Å². The molecule has 0 amide bonds. The second-order valence-electron chi connectivity index (χ2n) is 4.62. The van der Waals surface area contributed by atoms with Gasteiger partial charge in [0.25, 0.3) is 0 Å². The average Bonchev–Trinajstić information content (AvgIpc) is 2.12. The number of halogens is 1. The first-order valence-electron chi connectivity index (χ1n) is 4.95. The van der Waals surface area contributed by atoms with Gasteiger partial charge in [-0.25, -0.2) is 0 Å². The van der Waals surface area contributed by atoms with Crippen LogP contribution in [0.5, 0.6) is 5.75 Å². The van der Waals surface area contributed by atoms with Gasteiger partial charge in [-0.2, -0.15) is 0 Å². The first-order chi connectivity index (χ1) is 7.24. The van der Waals surface area contributed by atoms with E-state index in [2.05, 4.69) is 0 Å². The van der Waals surface area contributed by atoms with Gasteiger partial charge < -0.3 is 10.2 Å². The predicted molar refractivity (Wildman–Crippen MR) is 63.0 cm³/mol. The van der Waals surface area contributed by atoms with E-state index in [1.54, 1.807) is 26.0 Å². The van der Waals surface area contributed by atoms with Crippen LogP contribution in [0.25, 0.3) is 0 Å². The van der Waals surface area contributed by atoms with E-state index < -0.39 is 11.4 Å². The zero-order valence-electron chi connectivity index (χ0n) is 9.54. The van der Waals surface area contributed by atoms with Gasteiger partial charge in [0.1, 0.15) is 5.75 Å². The monoisotopic (exact) mass is 242 g/mol. The third-order valence-electron chi connectivity index (χ3n) is 2.48. The van der Waals surface area contributed by atoms with Gasteiger partial charge in [0.15, 0.2) is 0 Å². The summed E-state index contributed by atoms with van der Waals surface area (Å²) < 4.78 is 0. The van der Waals surface area contributed by atoms with Crippen LogP contribution in [0.2, 0.25) is 5.02 Å². The quantitative estimate of drug-likeness (QED) is 0.857. The van der Waals surface area contributed by atoms with Crippen molar-refractivity contribution < 1.29 is 15.0 Å². The van der Waals surface area contributed by atoms with E-state index in [1.807, 2.05) is 6.92 Å². The Hall–Kier alpha value is -1.22. The lowest BCUT2D eigenvalue weighted by Gasteiger charge is -2.20. The van der Waals surface area contributed by atoms with E-state index in [4.69, 9.17) is 16.7 Å². The maximum Gasteiger partial charge on any atom is 0.309 e. The van der Waals surface area contributed by atoms with Gasteiger partial charge in [0.2, 0.25) is 0 Å². The Morgan fingerprint density at radius 3 is 2.50 bits per heavy atom. The Morgan fingerprint density at radius 1 is 1.44 bits per heavy atom. The molecule has 0 atom stereocenters. The Bertz CT molecular complexity index is 425. The molecule has 0 aliphatic rings. The molecule has 1 rings (SSSR count). The van der Waals surface area contributed by atoms with Crippen molar-refractivity contribution in [2.24, 2.45) is 5.41 Å². The fraction of sp³-hybridized carbons (Fsp3) is 0.417. The highest BCUT2D eigenvalue weighted by molar-refractivity contribution is 6.32. The molecular formula is C12H15ClO3. The molecule has 1 aromatic carbocycles. The first-order valence-corrected chi connectivity index (χ1v) is 5.33. The maximum atomic E-state index is 11.0. The lowest BCUT2D eigenvalue weighted by Crippen LogP contribution is -2.26. The average molecular weight is 243 g/mol. The van der Waals surface area contributed by atoms with E-state index in [1.165, 1.54) is 0 Å². The van der Waals surface area contributed by atoms with E-state index >= 15 is 0 Å². The van der Waals surface area contributed by atoms with E-state index in [-0.39, 0.29) is 17.2 Å².